The summed E-state index contributed by atoms with van der Waals surface area (Å²) in [5, 5.41) is 7.99. The number of hydrogen-bond acceptors (Lipinski definition) is 5. The Hall–Kier alpha value is -1.33. The van der Waals surface area contributed by atoms with Crippen LogP contribution in [-0.2, 0) is 14.7 Å². The van der Waals surface area contributed by atoms with E-state index in [9.17, 15) is 14.9 Å². The highest BCUT2D eigenvalue weighted by Crippen LogP contribution is 1.77. The van der Waals surface area contributed by atoms with Crippen molar-refractivity contribution in [1.29, 1.82) is 0 Å². The van der Waals surface area contributed by atoms with Gasteiger partial charge in [-0.05, 0) is 0 Å². The van der Waals surface area contributed by atoms with E-state index >= 15 is 0 Å². The van der Waals surface area contributed by atoms with Crippen LogP contribution in [0, 0.1) is 10.1 Å². The zero-order chi connectivity index (χ0) is 8.57. The van der Waals surface area contributed by atoms with Crippen LogP contribution in [0.25, 0.3) is 0 Å². The molecule has 0 atom stereocenters. The number of nitrogens with zero attached hydrogens (tertiary/aromatic N) is 1. The van der Waals surface area contributed by atoms with Gasteiger partial charge >= 0.3 is 11.1 Å². The Morgan fingerprint density at radius 2 is 1.90 bits per heavy atom. The first-order valence-corrected chi connectivity index (χ1v) is 2.62. The summed E-state index contributed by atoms with van der Waals surface area (Å²) >= 11 is 0. The van der Waals surface area contributed by atoms with Gasteiger partial charge in [-0.25, -0.2) is 4.79 Å². The van der Waals surface area contributed by atoms with Crippen LogP contribution >= 0.6 is 0 Å². The lowest BCUT2D eigenvalue weighted by molar-refractivity contribution is -0.839. The molecule has 0 saturated heterocycles. The van der Waals surface area contributed by atoms with E-state index in [1.807, 2.05) is 13.8 Å². The Labute approximate surface area is 57.8 Å². The van der Waals surface area contributed by atoms with Crippen LogP contribution in [0.3, 0.4) is 0 Å². The molecular weight excluding hydrogens is 142 g/mol. The monoisotopic (exact) mass is 151 g/mol. The van der Waals surface area contributed by atoms with Crippen molar-refractivity contribution in [2.24, 2.45) is 0 Å². The molecule has 0 aliphatic carbocycles. The van der Waals surface area contributed by atoms with Gasteiger partial charge in [-0.2, -0.15) is 0 Å². The van der Waals surface area contributed by atoms with Crippen molar-refractivity contribution in [1.82, 2.24) is 0 Å². The summed E-state index contributed by atoms with van der Waals surface area (Å²) in [6.45, 7) is 4.99. The maximum atomic E-state index is 9.70. The van der Waals surface area contributed by atoms with Crippen molar-refractivity contribution in [3.8, 4) is 0 Å². The second-order valence-corrected chi connectivity index (χ2v) is 0.873. The number of carbonyl (C=O) groups excluding carboxylic acids is 1. The Bertz CT molecular complexity index is 98.2. The fourth-order valence-electron chi connectivity index (χ4n) is 0.0829. The largest absolute Gasteiger partial charge is 0.340 e. The molecule has 0 rings (SSSR count). The average Bonchev–Trinajstić information content (AvgIpc) is 1.89. The number of hydrogen-bond donors (Lipinski definition) is 0. The summed E-state index contributed by atoms with van der Waals surface area (Å²) in [5.74, 6) is -0.860. The van der Waals surface area contributed by atoms with Gasteiger partial charge < -0.3 is 0 Å². The van der Waals surface area contributed by atoms with Crippen LogP contribution in [0.1, 0.15) is 20.8 Å². The number of carbonyl (C=O) groups is 1. The van der Waals surface area contributed by atoms with Gasteiger partial charge in [0.15, 0.2) is 0 Å². The van der Waals surface area contributed by atoms with Crippen LogP contribution in [0.4, 0.5) is 0 Å². The molecule has 0 amide bonds. The predicted molar refractivity (Wildman–Crippen MR) is 31.2 cm³/mol. The lowest BCUT2D eigenvalue weighted by Crippen LogP contribution is -2.05. The molecule has 0 saturated carbocycles. The van der Waals surface area contributed by atoms with Gasteiger partial charge in [0.25, 0.3) is 0 Å². The molecule has 10 heavy (non-hydrogen) atoms. The molecule has 0 radical (unpaired) electrons. The Balaban J connectivity index is 0. The van der Waals surface area contributed by atoms with Gasteiger partial charge in [0.2, 0.25) is 0 Å². The molecule has 0 bridgehead atoms. The fourth-order valence-corrected chi connectivity index (χ4v) is 0.0829. The van der Waals surface area contributed by atoms with Crippen molar-refractivity contribution < 1.29 is 19.8 Å². The van der Waals surface area contributed by atoms with Gasteiger partial charge in [0.1, 0.15) is 0 Å². The molecule has 60 valence electrons. The highest BCUT2D eigenvalue weighted by atomic mass is 17.3. The molecule has 0 aromatic rings. The average molecular weight is 151 g/mol. The minimum absolute atomic E-state index is 0.860. The van der Waals surface area contributed by atoms with Crippen LogP contribution in [0.5, 0.6) is 0 Å². The van der Waals surface area contributed by atoms with E-state index in [1.54, 1.807) is 0 Å². The standard InChI is InChI=1S/C2H3NO5.C2H6/c1-2(4)7-8-3(5)6;1-2/h1H3;1-2H3. The topological polar surface area (TPSA) is 78.7 Å². The Morgan fingerprint density at radius 3 is 2.00 bits per heavy atom. The van der Waals surface area contributed by atoms with E-state index in [2.05, 4.69) is 9.88 Å². The van der Waals surface area contributed by atoms with Crippen molar-refractivity contribution in [3.05, 3.63) is 10.1 Å². The normalized spacial score (nSPS) is 6.70. The molecule has 0 N–H and O–H groups in total. The van der Waals surface area contributed by atoms with Gasteiger partial charge in [-0.3, -0.25) is 4.89 Å². The SMILES string of the molecule is CC.CC(=O)OO[N+](=O)[O-]. The van der Waals surface area contributed by atoms with Crippen LogP contribution in [-0.4, -0.2) is 11.1 Å². The van der Waals surface area contributed by atoms with Gasteiger partial charge in [0.05, 0.1) is 0 Å². The molecule has 0 unspecified atom stereocenters. The minimum Gasteiger partial charge on any atom is -0.261 e. The van der Waals surface area contributed by atoms with E-state index in [4.69, 9.17) is 0 Å². The zero-order valence-corrected chi connectivity index (χ0v) is 5.99. The van der Waals surface area contributed by atoms with Gasteiger partial charge in [0, 0.05) is 6.92 Å². The predicted octanol–water partition coefficient (Wildman–Crippen LogP) is 0.699. The van der Waals surface area contributed by atoms with Crippen molar-refractivity contribution in [2.45, 2.75) is 20.8 Å². The highest BCUT2D eigenvalue weighted by Gasteiger charge is 1.96. The minimum atomic E-state index is -1.22. The fraction of sp³-hybridized carbons (Fsp3) is 0.750. The molecule has 0 aliphatic rings. The quantitative estimate of drug-likeness (QED) is 0.329. The third-order valence-electron chi connectivity index (χ3n) is 0.215. The summed E-state index contributed by atoms with van der Waals surface area (Å²) in [6.07, 6.45) is 0. The van der Waals surface area contributed by atoms with E-state index in [0.717, 1.165) is 6.92 Å². The van der Waals surface area contributed by atoms with Crippen molar-refractivity contribution in [2.75, 3.05) is 0 Å². The van der Waals surface area contributed by atoms with Crippen molar-refractivity contribution in [3.63, 3.8) is 0 Å². The molecule has 6 heteroatoms. The number of rotatable bonds is 2. The summed E-state index contributed by atoms with van der Waals surface area (Å²) in [4.78, 5) is 25.5. The van der Waals surface area contributed by atoms with E-state index in [1.165, 1.54) is 0 Å². The lowest BCUT2D eigenvalue weighted by Gasteiger charge is -1.89. The van der Waals surface area contributed by atoms with E-state index in [0.29, 0.717) is 0 Å². The first-order valence-electron chi connectivity index (χ1n) is 2.62. The molecule has 0 heterocycles. The molecule has 0 aliphatic heterocycles. The smallest absolute Gasteiger partial charge is 0.261 e. The van der Waals surface area contributed by atoms with E-state index < -0.39 is 11.1 Å². The van der Waals surface area contributed by atoms with Crippen LogP contribution in [0.15, 0.2) is 0 Å². The second kappa shape index (κ2) is 7.67. The summed E-state index contributed by atoms with van der Waals surface area (Å²) in [7, 11) is 0. The molecule has 0 aromatic heterocycles. The first-order chi connectivity index (χ1) is 4.63. The molecule has 0 fully saturated rings. The molecule has 6 nitrogen and oxygen atoms in total. The zero-order valence-electron chi connectivity index (χ0n) is 5.99. The third-order valence-corrected chi connectivity index (χ3v) is 0.215. The Kier molecular flexibility index (Phi) is 8.79. The van der Waals surface area contributed by atoms with E-state index in [-0.39, 0.29) is 0 Å². The maximum Gasteiger partial charge on any atom is 0.340 e. The van der Waals surface area contributed by atoms with Crippen LogP contribution in [0.2, 0.25) is 0 Å². The summed E-state index contributed by atoms with van der Waals surface area (Å²) in [6, 6.07) is 0. The van der Waals surface area contributed by atoms with Gasteiger partial charge in [-0.15, -0.1) is 10.1 Å². The first kappa shape index (κ1) is 11.5. The third kappa shape index (κ3) is 15.9. The molecule has 0 spiro atoms. The maximum absolute atomic E-state index is 9.70. The van der Waals surface area contributed by atoms with Crippen LogP contribution < -0.4 is 0 Å². The highest BCUT2D eigenvalue weighted by molar-refractivity contribution is 5.65. The Morgan fingerprint density at radius 1 is 1.50 bits per heavy atom. The molecular formula is C4H9NO5. The van der Waals surface area contributed by atoms with Gasteiger partial charge in [-0.1, -0.05) is 18.8 Å². The lowest BCUT2D eigenvalue weighted by atomic mass is 10.9. The molecule has 0 aromatic carbocycles. The van der Waals surface area contributed by atoms with Crippen molar-refractivity contribution >= 4 is 5.97 Å². The summed E-state index contributed by atoms with van der Waals surface area (Å²) < 4.78 is 0. The second-order valence-electron chi connectivity index (χ2n) is 0.873. The summed E-state index contributed by atoms with van der Waals surface area (Å²) in [5.41, 5.74) is 0.